The van der Waals surface area contributed by atoms with Gasteiger partial charge in [0.05, 0.1) is 11.3 Å². The largest absolute Gasteiger partial charge is 0.350 e. The summed E-state index contributed by atoms with van der Waals surface area (Å²) in [4.78, 5) is 39.6. The Bertz CT molecular complexity index is 568. The van der Waals surface area contributed by atoms with Crippen LogP contribution in [-0.2, 0) is 4.79 Å². The van der Waals surface area contributed by atoms with E-state index in [2.05, 4.69) is 26.2 Å². The summed E-state index contributed by atoms with van der Waals surface area (Å²) >= 11 is 9.99. The minimum absolute atomic E-state index is 0.0922. The number of hydrogen-bond acceptors (Lipinski definition) is 5. The van der Waals surface area contributed by atoms with Crippen LogP contribution in [0, 0.1) is 0 Å². The Morgan fingerprint density at radius 2 is 2.30 bits per heavy atom. The second-order valence-corrected chi connectivity index (χ2v) is 6.05. The molecule has 20 heavy (non-hydrogen) atoms. The average Bonchev–Trinajstić information content (AvgIpc) is 2.73. The predicted molar refractivity (Wildman–Crippen MR) is 78.8 cm³/mol. The van der Waals surface area contributed by atoms with Crippen molar-refractivity contribution in [1.82, 2.24) is 15.2 Å². The first-order valence-electron chi connectivity index (χ1n) is 5.55. The number of carbonyl (C=O) groups is 3. The quantitative estimate of drug-likeness (QED) is 0.810. The molecule has 6 nitrogen and oxygen atoms in total. The van der Waals surface area contributed by atoms with E-state index < -0.39 is 5.91 Å². The normalized spacial score (nSPS) is 14.8. The second kappa shape index (κ2) is 6.55. The zero-order valence-corrected chi connectivity index (χ0v) is 13.2. The number of aromatic nitrogens is 1. The van der Waals surface area contributed by atoms with Gasteiger partial charge in [-0.05, 0) is 22.0 Å². The summed E-state index contributed by atoms with van der Waals surface area (Å²) in [5.41, 5.74) is 0.231. The van der Waals surface area contributed by atoms with Crippen molar-refractivity contribution in [3.05, 3.63) is 27.5 Å². The van der Waals surface area contributed by atoms with Crippen LogP contribution in [-0.4, -0.2) is 45.8 Å². The number of amides is 3. The highest BCUT2D eigenvalue weighted by Gasteiger charge is 2.29. The predicted octanol–water partition coefficient (Wildman–Crippen LogP) is 1.92. The van der Waals surface area contributed by atoms with Crippen LogP contribution in [0.5, 0.6) is 0 Å². The highest BCUT2D eigenvalue weighted by molar-refractivity contribution is 9.10. The molecule has 0 atom stereocenters. The van der Waals surface area contributed by atoms with Crippen molar-refractivity contribution in [2.24, 2.45) is 0 Å². The number of hydrogen-bond donors (Lipinski definition) is 1. The van der Waals surface area contributed by atoms with Crippen LogP contribution in [0.3, 0.4) is 0 Å². The first kappa shape index (κ1) is 15.3. The Balaban J connectivity index is 1.91. The Labute approximate surface area is 132 Å². The maximum absolute atomic E-state index is 11.9. The smallest absolute Gasteiger partial charge is 0.288 e. The summed E-state index contributed by atoms with van der Waals surface area (Å²) in [5.74, 6) is -0.485. The molecular formula is C11H9BrClN3O3S. The molecule has 1 aromatic heterocycles. The molecule has 3 amide bonds. The van der Waals surface area contributed by atoms with Gasteiger partial charge in [0.2, 0.25) is 5.91 Å². The van der Waals surface area contributed by atoms with E-state index in [1.807, 2.05) is 0 Å². The summed E-state index contributed by atoms with van der Waals surface area (Å²) < 4.78 is 0.633. The first-order valence-corrected chi connectivity index (χ1v) is 7.71. The molecule has 0 radical (unpaired) electrons. The zero-order chi connectivity index (χ0) is 14.7. The van der Waals surface area contributed by atoms with Crippen molar-refractivity contribution in [3.8, 4) is 0 Å². The van der Waals surface area contributed by atoms with Gasteiger partial charge in [0.25, 0.3) is 11.1 Å². The van der Waals surface area contributed by atoms with E-state index in [4.69, 9.17) is 11.6 Å². The van der Waals surface area contributed by atoms with E-state index in [0.717, 1.165) is 16.7 Å². The second-order valence-electron chi connectivity index (χ2n) is 3.85. The molecule has 2 rings (SSSR count). The third-order valence-corrected chi connectivity index (χ3v) is 4.11. The SMILES string of the molecule is O=C(NCCN1C(=O)CSC1=O)c1cc(Br)cnc1Cl. The number of pyridine rings is 1. The highest BCUT2D eigenvalue weighted by Crippen LogP contribution is 2.19. The minimum Gasteiger partial charge on any atom is -0.350 e. The minimum atomic E-state index is -0.407. The molecule has 0 aliphatic carbocycles. The fraction of sp³-hybridized carbons (Fsp3) is 0.273. The molecule has 1 aliphatic rings. The summed E-state index contributed by atoms with van der Waals surface area (Å²) in [6.07, 6.45) is 1.48. The number of carbonyl (C=O) groups excluding carboxylic acids is 3. The van der Waals surface area contributed by atoms with E-state index >= 15 is 0 Å². The maximum Gasteiger partial charge on any atom is 0.288 e. The summed E-state index contributed by atoms with van der Waals surface area (Å²) in [6.45, 7) is 0.315. The fourth-order valence-corrected chi connectivity index (χ4v) is 2.83. The van der Waals surface area contributed by atoms with Gasteiger partial charge < -0.3 is 5.32 Å². The molecule has 0 aromatic carbocycles. The average molecular weight is 379 g/mol. The van der Waals surface area contributed by atoms with Crippen LogP contribution in [0.1, 0.15) is 10.4 Å². The van der Waals surface area contributed by atoms with Crippen molar-refractivity contribution >= 4 is 56.3 Å². The Morgan fingerprint density at radius 1 is 1.55 bits per heavy atom. The van der Waals surface area contributed by atoms with E-state index in [0.29, 0.717) is 4.47 Å². The van der Waals surface area contributed by atoms with E-state index in [1.54, 1.807) is 6.07 Å². The molecule has 1 aromatic rings. The van der Waals surface area contributed by atoms with Gasteiger partial charge in [-0.2, -0.15) is 0 Å². The third kappa shape index (κ3) is 3.50. The highest BCUT2D eigenvalue weighted by atomic mass is 79.9. The number of rotatable bonds is 4. The zero-order valence-electron chi connectivity index (χ0n) is 10.1. The maximum atomic E-state index is 11.9. The molecule has 1 fully saturated rings. The van der Waals surface area contributed by atoms with Crippen molar-refractivity contribution in [1.29, 1.82) is 0 Å². The molecule has 0 bridgehead atoms. The molecule has 1 aliphatic heterocycles. The van der Waals surface area contributed by atoms with Gasteiger partial charge in [-0.15, -0.1) is 0 Å². The van der Waals surface area contributed by atoms with Gasteiger partial charge in [-0.1, -0.05) is 23.4 Å². The Hall–Kier alpha value is -1.12. The van der Waals surface area contributed by atoms with Crippen molar-refractivity contribution in [3.63, 3.8) is 0 Å². The summed E-state index contributed by atoms with van der Waals surface area (Å²) in [7, 11) is 0. The lowest BCUT2D eigenvalue weighted by Crippen LogP contribution is -2.37. The summed E-state index contributed by atoms with van der Waals surface area (Å²) in [5, 5.41) is 2.40. The standard InChI is InChI=1S/C11H9BrClN3O3S/c12-6-3-7(9(13)15-4-6)10(18)14-1-2-16-8(17)5-20-11(16)19/h3-4H,1-2,5H2,(H,14,18). The van der Waals surface area contributed by atoms with Crippen LogP contribution < -0.4 is 5.32 Å². The molecule has 0 saturated carbocycles. The van der Waals surface area contributed by atoms with E-state index in [-0.39, 0.29) is 40.7 Å². The first-order chi connectivity index (χ1) is 9.49. The van der Waals surface area contributed by atoms with Gasteiger partial charge in [0, 0.05) is 23.8 Å². The van der Waals surface area contributed by atoms with Crippen LogP contribution >= 0.6 is 39.3 Å². The van der Waals surface area contributed by atoms with Gasteiger partial charge in [0.15, 0.2) is 0 Å². The number of halogens is 2. The Morgan fingerprint density at radius 3 is 2.95 bits per heavy atom. The van der Waals surface area contributed by atoms with Crippen LogP contribution in [0.4, 0.5) is 4.79 Å². The lowest BCUT2D eigenvalue weighted by atomic mass is 10.2. The van der Waals surface area contributed by atoms with Crippen LogP contribution in [0.2, 0.25) is 5.15 Å². The molecular weight excluding hydrogens is 370 g/mol. The molecule has 2 heterocycles. The van der Waals surface area contributed by atoms with E-state index in [1.165, 1.54) is 6.20 Å². The topological polar surface area (TPSA) is 79.4 Å². The molecule has 9 heteroatoms. The van der Waals surface area contributed by atoms with Gasteiger partial charge in [0.1, 0.15) is 5.15 Å². The van der Waals surface area contributed by atoms with Crippen LogP contribution in [0.15, 0.2) is 16.7 Å². The fourth-order valence-electron chi connectivity index (χ4n) is 1.56. The lowest BCUT2D eigenvalue weighted by Gasteiger charge is -2.13. The van der Waals surface area contributed by atoms with Gasteiger partial charge in [-0.3, -0.25) is 19.3 Å². The number of nitrogens with one attached hydrogen (secondary N) is 1. The molecule has 106 valence electrons. The molecule has 1 N–H and O–H groups in total. The monoisotopic (exact) mass is 377 g/mol. The summed E-state index contributed by atoms with van der Waals surface area (Å²) in [6, 6.07) is 1.55. The third-order valence-electron chi connectivity index (χ3n) is 2.51. The van der Waals surface area contributed by atoms with Crippen molar-refractivity contribution in [2.45, 2.75) is 0 Å². The van der Waals surface area contributed by atoms with Gasteiger partial charge >= 0.3 is 0 Å². The number of imide groups is 1. The van der Waals surface area contributed by atoms with Crippen molar-refractivity contribution in [2.75, 3.05) is 18.8 Å². The Kier molecular flexibility index (Phi) is 5.00. The molecule has 0 unspecified atom stereocenters. The van der Waals surface area contributed by atoms with E-state index in [9.17, 15) is 14.4 Å². The molecule has 1 saturated heterocycles. The molecule has 0 spiro atoms. The number of nitrogens with zero attached hydrogens (tertiary/aromatic N) is 2. The van der Waals surface area contributed by atoms with Crippen molar-refractivity contribution < 1.29 is 14.4 Å². The lowest BCUT2D eigenvalue weighted by molar-refractivity contribution is -0.124. The number of thioether (sulfide) groups is 1. The van der Waals surface area contributed by atoms with Gasteiger partial charge in [-0.25, -0.2) is 4.98 Å². The van der Waals surface area contributed by atoms with Crippen LogP contribution in [0.25, 0.3) is 0 Å².